The summed E-state index contributed by atoms with van der Waals surface area (Å²) in [6.45, 7) is 0. The molecule has 124 valence electrons. The van der Waals surface area contributed by atoms with E-state index >= 15 is 0 Å². The Hall–Kier alpha value is -2.54. The van der Waals surface area contributed by atoms with Gasteiger partial charge in [-0.3, -0.25) is 4.21 Å². The largest absolute Gasteiger partial charge is 0.496 e. The third-order valence-corrected chi connectivity index (χ3v) is 4.54. The lowest BCUT2D eigenvalue weighted by Gasteiger charge is -2.03. The van der Waals surface area contributed by atoms with E-state index in [1.807, 2.05) is 18.2 Å². The monoisotopic (exact) mass is 346 g/mol. The predicted molar refractivity (Wildman–Crippen MR) is 88.2 cm³/mol. The number of ether oxygens (including phenoxy) is 1. The topological polar surface area (TPSA) is 65.2 Å². The molecule has 0 saturated carbocycles. The summed E-state index contributed by atoms with van der Waals surface area (Å²) in [6.07, 6.45) is 0. The van der Waals surface area contributed by atoms with Gasteiger partial charge in [0, 0.05) is 16.6 Å². The lowest BCUT2D eigenvalue weighted by atomic mass is 10.2. The van der Waals surface area contributed by atoms with Crippen molar-refractivity contribution in [3.05, 3.63) is 65.8 Å². The molecule has 0 aliphatic heterocycles. The first-order chi connectivity index (χ1) is 11.7. The molecule has 3 rings (SSSR count). The maximum absolute atomic E-state index is 13.2. The third kappa shape index (κ3) is 3.86. The molecule has 0 spiro atoms. The van der Waals surface area contributed by atoms with Crippen LogP contribution >= 0.6 is 0 Å². The number of methoxy groups -OCH3 is 1. The highest BCUT2D eigenvalue weighted by molar-refractivity contribution is 7.83. The van der Waals surface area contributed by atoms with Gasteiger partial charge < -0.3 is 9.26 Å². The standard InChI is InChI=1S/C17H15FN2O3S/c1-22-15-8-3-2-7-14(15)17-19-16(23-20-17)11-24(21)10-12-5-4-6-13(18)9-12/h2-9H,10-11H2,1H3/t24-/m0/s1. The van der Waals surface area contributed by atoms with Crippen molar-refractivity contribution in [2.45, 2.75) is 11.5 Å². The van der Waals surface area contributed by atoms with Gasteiger partial charge in [0.1, 0.15) is 17.3 Å². The highest BCUT2D eigenvalue weighted by Crippen LogP contribution is 2.27. The minimum Gasteiger partial charge on any atom is -0.496 e. The molecule has 1 atom stereocenters. The number of benzene rings is 2. The Morgan fingerprint density at radius 2 is 2.00 bits per heavy atom. The quantitative estimate of drug-likeness (QED) is 0.685. The van der Waals surface area contributed by atoms with E-state index in [-0.39, 0.29) is 23.2 Å². The van der Waals surface area contributed by atoms with Gasteiger partial charge >= 0.3 is 0 Å². The van der Waals surface area contributed by atoms with Gasteiger partial charge in [-0.1, -0.05) is 29.4 Å². The van der Waals surface area contributed by atoms with Crippen molar-refractivity contribution in [3.8, 4) is 17.1 Å². The summed E-state index contributed by atoms with van der Waals surface area (Å²) in [5.41, 5.74) is 1.36. The molecule has 1 heterocycles. The smallest absolute Gasteiger partial charge is 0.239 e. The molecule has 0 aliphatic rings. The molecule has 0 amide bonds. The van der Waals surface area contributed by atoms with Crippen molar-refractivity contribution >= 4 is 10.8 Å². The molecule has 5 nitrogen and oxygen atoms in total. The molecule has 1 aromatic heterocycles. The zero-order valence-corrected chi connectivity index (χ0v) is 13.8. The van der Waals surface area contributed by atoms with Crippen molar-refractivity contribution in [1.29, 1.82) is 0 Å². The fourth-order valence-electron chi connectivity index (χ4n) is 2.25. The first-order valence-corrected chi connectivity index (χ1v) is 8.70. The Morgan fingerprint density at radius 1 is 1.17 bits per heavy atom. The second-order valence-corrected chi connectivity index (χ2v) is 6.53. The first-order valence-electron chi connectivity index (χ1n) is 7.21. The highest BCUT2D eigenvalue weighted by atomic mass is 32.2. The summed E-state index contributed by atoms with van der Waals surface area (Å²) in [7, 11) is 0.289. The molecule has 0 fully saturated rings. The van der Waals surface area contributed by atoms with Crippen LogP contribution in [0.2, 0.25) is 0 Å². The second kappa shape index (κ2) is 7.35. The number of rotatable bonds is 6. The van der Waals surface area contributed by atoms with Gasteiger partial charge in [-0.25, -0.2) is 4.39 Å². The first kappa shape index (κ1) is 16.3. The molecule has 0 saturated heterocycles. The molecule has 0 N–H and O–H groups in total. The molecule has 7 heteroatoms. The molecular weight excluding hydrogens is 331 g/mol. The molecule has 0 aliphatic carbocycles. The summed E-state index contributed by atoms with van der Waals surface area (Å²) >= 11 is 0. The van der Waals surface area contributed by atoms with Crippen molar-refractivity contribution in [2.75, 3.05) is 7.11 Å². The van der Waals surface area contributed by atoms with Gasteiger partial charge in [0.15, 0.2) is 0 Å². The highest BCUT2D eigenvalue weighted by Gasteiger charge is 2.15. The molecule has 0 bridgehead atoms. The SMILES string of the molecule is COc1ccccc1-c1noc(C[S@@](=O)Cc2cccc(F)c2)n1. The van der Waals surface area contributed by atoms with Crippen molar-refractivity contribution in [3.63, 3.8) is 0 Å². The van der Waals surface area contributed by atoms with Crippen molar-refractivity contribution in [1.82, 2.24) is 10.1 Å². The number of aromatic nitrogens is 2. The fourth-order valence-corrected chi connectivity index (χ4v) is 3.30. The van der Waals surface area contributed by atoms with Crippen LogP contribution in [0.5, 0.6) is 5.75 Å². The van der Waals surface area contributed by atoms with Gasteiger partial charge in [-0.15, -0.1) is 0 Å². The van der Waals surface area contributed by atoms with E-state index in [4.69, 9.17) is 9.26 Å². The van der Waals surface area contributed by atoms with Crippen LogP contribution in [-0.2, 0) is 22.3 Å². The van der Waals surface area contributed by atoms with E-state index in [9.17, 15) is 8.60 Å². The summed E-state index contributed by atoms with van der Waals surface area (Å²) in [4.78, 5) is 4.26. The molecule has 3 aromatic rings. The Bertz CT molecular complexity index is 866. The average Bonchev–Trinajstić information content (AvgIpc) is 3.03. The maximum atomic E-state index is 13.2. The van der Waals surface area contributed by atoms with Gasteiger partial charge in [-0.2, -0.15) is 4.98 Å². The average molecular weight is 346 g/mol. The van der Waals surface area contributed by atoms with Gasteiger partial charge in [-0.05, 0) is 29.8 Å². The van der Waals surface area contributed by atoms with Gasteiger partial charge in [0.25, 0.3) is 0 Å². The third-order valence-electron chi connectivity index (χ3n) is 3.32. The van der Waals surface area contributed by atoms with Crippen LogP contribution in [0, 0.1) is 5.82 Å². The van der Waals surface area contributed by atoms with Crippen molar-refractivity contribution < 1.29 is 17.9 Å². The number of hydrogen-bond acceptors (Lipinski definition) is 5. The number of hydrogen-bond donors (Lipinski definition) is 0. The molecule has 2 aromatic carbocycles. The Morgan fingerprint density at radius 3 is 2.79 bits per heavy atom. The van der Waals surface area contributed by atoms with E-state index in [1.165, 1.54) is 12.1 Å². The summed E-state index contributed by atoms with van der Waals surface area (Å²) in [5.74, 6) is 1.27. The summed E-state index contributed by atoms with van der Waals surface area (Å²) in [6, 6.07) is 13.3. The molecule has 0 radical (unpaired) electrons. The Kier molecular flexibility index (Phi) is 5.00. The van der Waals surface area contributed by atoms with Crippen molar-refractivity contribution in [2.24, 2.45) is 0 Å². The van der Waals surface area contributed by atoms with Gasteiger partial charge in [0.2, 0.25) is 11.7 Å². The summed E-state index contributed by atoms with van der Waals surface area (Å²) < 4.78 is 35.8. The maximum Gasteiger partial charge on any atom is 0.239 e. The van der Waals surface area contributed by atoms with Crippen LogP contribution < -0.4 is 4.74 Å². The zero-order chi connectivity index (χ0) is 16.9. The number of halogens is 1. The second-order valence-electron chi connectivity index (χ2n) is 5.07. The Labute approximate surface area is 140 Å². The van der Waals surface area contributed by atoms with Crippen LogP contribution in [0.4, 0.5) is 4.39 Å². The van der Waals surface area contributed by atoms with E-state index in [0.717, 1.165) is 0 Å². The molecule has 24 heavy (non-hydrogen) atoms. The van der Waals surface area contributed by atoms with E-state index in [0.29, 0.717) is 22.7 Å². The van der Waals surface area contributed by atoms with E-state index in [1.54, 1.807) is 25.3 Å². The molecule has 0 unspecified atom stereocenters. The predicted octanol–water partition coefficient (Wildman–Crippen LogP) is 3.33. The number of nitrogens with zero attached hydrogens (tertiary/aromatic N) is 2. The van der Waals surface area contributed by atoms with Crippen LogP contribution in [0.3, 0.4) is 0 Å². The van der Waals surface area contributed by atoms with Gasteiger partial charge in [0.05, 0.1) is 12.7 Å². The van der Waals surface area contributed by atoms with Crippen LogP contribution in [0.1, 0.15) is 11.5 Å². The van der Waals surface area contributed by atoms with Crippen LogP contribution in [-0.4, -0.2) is 21.5 Å². The minimum atomic E-state index is -1.27. The molecular formula is C17H15FN2O3S. The van der Waals surface area contributed by atoms with Crippen LogP contribution in [0.25, 0.3) is 11.4 Å². The zero-order valence-electron chi connectivity index (χ0n) is 12.9. The van der Waals surface area contributed by atoms with E-state index < -0.39 is 10.8 Å². The lowest BCUT2D eigenvalue weighted by Crippen LogP contribution is -2.00. The van der Waals surface area contributed by atoms with E-state index in [2.05, 4.69) is 10.1 Å². The summed E-state index contributed by atoms with van der Waals surface area (Å²) in [5, 5.41) is 3.91. The minimum absolute atomic E-state index is 0.110. The fraction of sp³-hybridized carbons (Fsp3) is 0.176. The normalized spacial score (nSPS) is 12.1. The number of para-hydroxylation sites is 1. The lowest BCUT2D eigenvalue weighted by molar-refractivity contribution is 0.389. The van der Waals surface area contributed by atoms with Crippen LogP contribution in [0.15, 0.2) is 53.1 Å². The Balaban J connectivity index is 1.71.